The molecular weight excluding hydrogens is 220 g/mol. The van der Waals surface area contributed by atoms with Gasteiger partial charge in [0.1, 0.15) is 0 Å². The molecule has 0 saturated carbocycles. The first-order chi connectivity index (χ1) is 8.57. The number of nitrogens with zero attached hydrogens (tertiary/aromatic N) is 1. The summed E-state index contributed by atoms with van der Waals surface area (Å²) in [5, 5.41) is 14.8. The van der Waals surface area contributed by atoms with E-state index in [2.05, 4.69) is 38.2 Å². The normalized spacial score (nSPS) is 11.2. The molecule has 2 aromatic carbocycles. The van der Waals surface area contributed by atoms with Crippen LogP contribution in [0.25, 0.3) is 10.8 Å². The Hall–Kier alpha value is -2.01. The second-order valence-electron chi connectivity index (χ2n) is 5.18. The SMILES string of the molecule is CCC(C)(C)Nc1ccc(C#N)c2ccccc12. The lowest BCUT2D eigenvalue weighted by atomic mass is 9.98. The molecule has 1 N–H and O–H groups in total. The lowest BCUT2D eigenvalue weighted by Gasteiger charge is -2.27. The average Bonchev–Trinajstić information content (AvgIpc) is 2.39. The van der Waals surface area contributed by atoms with Crippen molar-refractivity contribution in [3.8, 4) is 6.07 Å². The van der Waals surface area contributed by atoms with Crippen molar-refractivity contribution in [3.05, 3.63) is 42.0 Å². The van der Waals surface area contributed by atoms with E-state index in [0.717, 1.165) is 28.4 Å². The van der Waals surface area contributed by atoms with Gasteiger partial charge in [-0.1, -0.05) is 31.2 Å². The molecule has 0 unspecified atom stereocenters. The fourth-order valence-corrected chi connectivity index (χ4v) is 1.96. The van der Waals surface area contributed by atoms with Gasteiger partial charge in [0, 0.05) is 22.0 Å². The Morgan fingerprint density at radius 1 is 1.11 bits per heavy atom. The quantitative estimate of drug-likeness (QED) is 0.864. The lowest BCUT2D eigenvalue weighted by molar-refractivity contribution is 0.548. The monoisotopic (exact) mass is 238 g/mol. The van der Waals surface area contributed by atoms with Gasteiger partial charge in [-0.15, -0.1) is 0 Å². The first kappa shape index (κ1) is 12.4. The molecule has 18 heavy (non-hydrogen) atoms. The Balaban J connectivity index is 2.57. The summed E-state index contributed by atoms with van der Waals surface area (Å²) in [6.45, 7) is 6.53. The summed E-state index contributed by atoms with van der Waals surface area (Å²) in [5.41, 5.74) is 1.87. The van der Waals surface area contributed by atoms with Crippen LogP contribution in [0.15, 0.2) is 36.4 Å². The molecule has 0 bridgehead atoms. The zero-order valence-electron chi connectivity index (χ0n) is 11.1. The number of rotatable bonds is 3. The minimum Gasteiger partial charge on any atom is -0.380 e. The molecule has 0 amide bonds. The predicted molar refractivity (Wildman–Crippen MR) is 76.7 cm³/mol. The molecule has 0 aromatic heterocycles. The van der Waals surface area contributed by atoms with E-state index in [4.69, 9.17) is 5.26 Å². The van der Waals surface area contributed by atoms with Crippen molar-refractivity contribution in [3.63, 3.8) is 0 Å². The number of fused-ring (bicyclic) bond motifs is 1. The summed E-state index contributed by atoms with van der Waals surface area (Å²) in [6.07, 6.45) is 1.04. The molecule has 0 aliphatic rings. The highest BCUT2D eigenvalue weighted by atomic mass is 15.0. The van der Waals surface area contributed by atoms with E-state index in [1.54, 1.807) is 0 Å². The molecule has 2 rings (SSSR count). The second kappa shape index (κ2) is 4.70. The molecule has 0 aliphatic heterocycles. The van der Waals surface area contributed by atoms with Crippen LogP contribution < -0.4 is 5.32 Å². The van der Waals surface area contributed by atoms with Gasteiger partial charge in [-0.3, -0.25) is 0 Å². The van der Waals surface area contributed by atoms with Crippen LogP contribution >= 0.6 is 0 Å². The summed E-state index contributed by atoms with van der Waals surface area (Å²) >= 11 is 0. The van der Waals surface area contributed by atoms with Crippen LogP contribution in [0.1, 0.15) is 32.8 Å². The maximum absolute atomic E-state index is 9.13. The number of nitriles is 1. The first-order valence-corrected chi connectivity index (χ1v) is 6.27. The first-order valence-electron chi connectivity index (χ1n) is 6.27. The molecule has 0 aliphatic carbocycles. The minimum absolute atomic E-state index is 0.0525. The highest BCUT2D eigenvalue weighted by molar-refractivity contribution is 5.97. The van der Waals surface area contributed by atoms with Crippen molar-refractivity contribution in [1.82, 2.24) is 0 Å². The Bertz CT molecular complexity index is 606. The van der Waals surface area contributed by atoms with Crippen LogP contribution in [-0.4, -0.2) is 5.54 Å². The van der Waals surface area contributed by atoms with Crippen LogP contribution in [0.5, 0.6) is 0 Å². The maximum Gasteiger partial charge on any atom is 0.0998 e. The Morgan fingerprint density at radius 2 is 1.78 bits per heavy atom. The molecule has 2 nitrogen and oxygen atoms in total. The molecular formula is C16H18N2. The summed E-state index contributed by atoms with van der Waals surface area (Å²) in [5.74, 6) is 0. The third kappa shape index (κ3) is 2.31. The van der Waals surface area contributed by atoms with Crippen molar-refractivity contribution >= 4 is 16.5 Å². The topological polar surface area (TPSA) is 35.8 Å². The molecule has 2 aromatic rings. The van der Waals surface area contributed by atoms with Gasteiger partial charge in [0.15, 0.2) is 0 Å². The second-order valence-corrected chi connectivity index (χ2v) is 5.18. The van der Waals surface area contributed by atoms with E-state index in [1.165, 1.54) is 0 Å². The Labute approximate surface area is 108 Å². The molecule has 0 atom stereocenters. The largest absolute Gasteiger partial charge is 0.380 e. The van der Waals surface area contributed by atoms with Crippen molar-refractivity contribution in [1.29, 1.82) is 5.26 Å². The average molecular weight is 238 g/mol. The van der Waals surface area contributed by atoms with Crippen LogP contribution in [0.4, 0.5) is 5.69 Å². The van der Waals surface area contributed by atoms with Gasteiger partial charge in [-0.2, -0.15) is 5.26 Å². The maximum atomic E-state index is 9.13. The molecule has 0 spiro atoms. The minimum atomic E-state index is 0.0525. The van der Waals surface area contributed by atoms with E-state index >= 15 is 0 Å². The summed E-state index contributed by atoms with van der Waals surface area (Å²) in [6, 6.07) is 14.2. The van der Waals surface area contributed by atoms with E-state index < -0.39 is 0 Å². The molecule has 0 heterocycles. The predicted octanol–water partition coefficient (Wildman–Crippen LogP) is 4.31. The van der Waals surface area contributed by atoms with E-state index in [1.807, 2.05) is 30.3 Å². The van der Waals surface area contributed by atoms with Crippen LogP contribution in [0, 0.1) is 11.3 Å². The van der Waals surface area contributed by atoms with Crippen molar-refractivity contribution in [2.24, 2.45) is 0 Å². The van der Waals surface area contributed by atoms with Crippen LogP contribution in [0.3, 0.4) is 0 Å². The van der Waals surface area contributed by atoms with Crippen LogP contribution in [-0.2, 0) is 0 Å². The lowest BCUT2D eigenvalue weighted by Crippen LogP contribution is -2.29. The Morgan fingerprint density at radius 3 is 2.39 bits per heavy atom. The molecule has 0 fully saturated rings. The number of hydrogen-bond donors (Lipinski definition) is 1. The van der Waals surface area contributed by atoms with Gasteiger partial charge >= 0.3 is 0 Å². The highest BCUT2D eigenvalue weighted by Crippen LogP contribution is 2.29. The molecule has 0 radical (unpaired) electrons. The number of benzene rings is 2. The third-order valence-electron chi connectivity index (χ3n) is 3.40. The van der Waals surface area contributed by atoms with E-state index in [-0.39, 0.29) is 5.54 Å². The van der Waals surface area contributed by atoms with Crippen molar-refractivity contribution in [2.75, 3.05) is 5.32 Å². The van der Waals surface area contributed by atoms with E-state index in [9.17, 15) is 0 Å². The zero-order valence-corrected chi connectivity index (χ0v) is 11.1. The van der Waals surface area contributed by atoms with Gasteiger partial charge in [0.25, 0.3) is 0 Å². The fourth-order valence-electron chi connectivity index (χ4n) is 1.96. The zero-order chi connectivity index (χ0) is 13.2. The summed E-state index contributed by atoms with van der Waals surface area (Å²) < 4.78 is 0. The molecule has 0 saturated heterocycles. The molecule has 92 valence electrons. The van der Waals surface area contributed by atoms with Crippen molar-refractivity contribution in [2.45, 2.75) is 32.7 Å². The van der Waals surface area contributed by atoms with E-state index in [0.29, 0.717) is 0 Å². The standard InChI is InChI=1S/C16H18N2/c1-4-16(2,3)18-15-10-9-12(11-17)13-7-5-6-8-14(13)15/h5-10,18H,4H2,1-3H3. The summed E-state index contributed by atoms with van der Waals surface area (Å²) in [4.78, 5) is 0. The Kier molecular flexibility index (Phi) is 3.25. The van der Waals surface area contributed by atoms with Gasteiger partial charge < -0.3 is 5.32 Å². The van der Waals surface area contributed by atoms with Crippen molar-refractivity contribution < 1.29 is 0 Å². The number of anilines is 1. The van der Waals surface area contributed by atoms with Gasteiger partial charge in [0.2, 0.25) is 0 Å². The van der Waals surface area contributed by atoms with Gasteiger partial charge in [-0.25, -0.2) is 0 Å². The van der Waals surface area contributed by atoms with Crippen LogP contribution in [0.2, 0.25) is 0 Å². The highest BCUT2D eigenvalue weighted by Gasteiger charge is 2.16. The smallest absolute Gasteiger partial charge is 0.0998 e. The number of hydrogen-bond acceptors (Lipinski definition) is 2. The number of nitrogens with one attached hydrogen (secondary N) is 1. The van der Waals surface area contributed by atoms with Gasteiger partial charge in [0.05, 0.1) is 11.6 Å². The summed E-state index contributed by atoms with van der Waals surface area (Å²) in [7, 11) is 0. The van der Waals surface area contributed by atoms with Gasteiger partial charge in [-0.05, 0) is 32.4 Å². The molecule has 2 heteroatoms. The third-order valence-corrected chi connectivity index (χ3v) is 3.40. The fraction of sp³-hybridized carbons (Fsp3) is 0.312.